The number of amides is 1. The van der Waals surface area contributed by atoms with E-state index in [1.165, 1.54) is 30.1 Å². The standard InChI is InChI=1S/C17H15BrFNO4/c1-20(9-11-4-2-3-5-14(11)19)16(22)10-24-17(23)13-8-12(18)6-7-15(13)21/h2-8,21H,9-10H2,1H3. The van der Waals surface area contributed by atoms with E-state index in [1.807, 2.05) is 0 Å². The topological polar surface area (TPSA) is 66.8 Å². The second-order valence-electron chi connectivity index (χ2n) is 5.08. The Labute approximate surface area is 146 Å². The number of rotatable bonds is 5. The molecule has 0 radical (unpaired) electrons. The second kappa shape index (κ2) is 7.92. The lowest BCUT2D eigenvalue weighted by molar-refractivity contribution is -0.133. The molecule has 0 aliphatic carbocycles. The van der Waals surface area contributed by atoms with Crippen LogP contribution in [0, 0.1) is 5.82 Å². The molecule has 1 amide bonds. The molecule has 2 rings (SSSR count). The van der Waals surface area contributed by atoms with E-state index in [2.05, 4.69) is 15.9 Å². The number of aromatic hydroxyl groups is 1. The van der Waals surface area contributed by atoms with Crippen LogP contribution in [-0.2, 0) is 16.1 Å². The summed E-state index contributed by atoms with van der Waals surface area (Å²) in [4.78, 5) is 25.2. The molecule has 0 unspecified atom stereocenters. The summed E-state index contributed by atoms with van der Waals surface area (Å²) in [6.07, 6.45) is 0. The first-order chi connectivity index (χ1) is 11.4. The van der Waals surface area contributed by atoms with Crippen molar-refractivity contribution >= 4 is 27.8 Å². The first kappa shape index (κ1) is 17.9. The highest BCUT2D eigenvalue weighted by Gasteiger charge is 2.17. The van der Waals surface area contributed by atoms with Gasteiger partial charge in [-0.05, 0) is 24.3 Å². The van der Waals surface area contributed by atoms with Crippen LogP contribution < -0.4 is 0 Å². The molecule has 0 saturated heterocycles. The summed E-state index contributed by atoms with van der Waals surface area (Å²) in [6.45, 7) is -0.444. The van der Waals surface area contributed by atoms with E-state index in [0.717, 1.165) is 0 Å². The highest BCUT2D eigenvalue weighted by Crippen LogP contribution is 2.22. The van der Waals surface area contributed by atoms with Gasteiger partial charge in [-0.3, -0.25) is 4.79 Å². The Balaban J connectivity index is 1.93. The molecule has 0 aromatic heterocycles. The number of esters is 1. The van der Waals surface area contributed by atoms with Crippen molar-refractivity contribution in [1.29, 1.82) is 0 Å². The predicted octanol–water partition coefficient (Wildman–Crippen LogP) is 3.11. The molecule has 0 saturated carbocycles. The molecule has 24 heavy (non-hydrogen) atoms. The van der Waals surface area contributed by atoms with Crippen LogP contribution in [0.1, 0.15) is 15.9 Å². The molecule has 2 aromatic carbocycles. The van der Waals surface area contributed by atoms with E-state index in [4.69, 9.17) is 4.74 Å². The minimum Gasteiger partial charge on any atom is -0.507 e. The molecule has 7 heteroatoms. The predicted molar refractivity (Wildman–Crippen MR) is 89.0 cm³/mol. The fourth-order valence-electron chi connectivity index (χ4n) is 1.96. The molecule has 0 heterocycles. The number of phenolic OH excluding ortho intramolecular Hbond substituents is 1. The van der Waals surface area contributed by atoms with Crippen molar-refractivity contribution in [2.75, 3.05) is 13.7 Å². The Kier molecular flexibility index (Phi) is 5.92. The third kappa shape index (κ3) is 4.55. The third-order valence-electron chi connectivity index (χ3n) is 3.30. The Morgan fingerprint density at radius 3 is 2.67 bits per heavy atom. The highest BCUT2D eigenvalue weighted by atomic mass is 79.9. The number of likely N-dealkylation sites (N-methyl/N-ethyl adjacent to an activating group) is 1. The van der Waals surface area contributed by atoms with Crippen molar-refractivity contribution < 1.29 is 23.8 Å². The van der Waals surface area contributed by atoms with Crippen molar-refractivity contribution in [3.05, 3.63) is 63.9 Å². The fraction of sp³-hybridized carbons (Fsp3) is 0.176. The molecule has 5 nitrogen and oxygen atoms in total. The first-order valence-corrected chi connectivity index (χ1v) is 7.81. The Morgan fingerprint density at radius 1 is 1.25 bits per heavy atom. The SMILES string of the molecule is CN(Cc1ccccc1F)C(=O)COC(=O)c1cc(Br)ccc1O. The van der Waals surface area contributed by atoms with Crippen molar-refractivity contribution in [2.24, 2.45) is 0 Å². The first-order valence-electron chi connectivity index (χ1n) is 7.01. The zero-order chi connectivity index (χ0) is 17.7. The van der Waals surface area contributed by atoms with E-state index in [-0.39, 0.29) is 17.9 Å². The van der Waals surface area contributed by atoms with Crippen molar-refractivity contribution in [3.63, 3.8) is 0 Å². The molecule has 0 aliphatic rings. The van der Waals surface area contributed by atoms with Gasteiger partial charge in [-0.2, -0.15) is 0 Å². The van der Waals surface area contributed by atoms with Crippen LogP contribution >= 0.6 is 15.9 Å². The monoisotopic (exact) mass is 395 g/mol. The fourth-order valence-corrected chi connectivity index (χ4v) is 2.32. The summed E-state index contributed by atoms with van der Waals surface area (Å²) in [5.41, 5.74) is 0.318. The van der Waals surface area contributed by atoms with Gasteiger partial charge in [0.1, 0.15) is 17.1 Å². The van der Waals surface area contributed by atoms with Gasteiger partial charge in [-0.1, -0.05) is 34.1 Å². The van der Waals surface area contributed by atoms with E-state index < -0.39 is 24.3 Å². The van der Waals surface area contributed by atoms with Crippen LogP contribution in [0.3, 0.4) is 0 Å². The smallest absolute Gasteiger partial charge is 0.342 e. The van der Waals surface area contributed by atoms with Gasteiger partial charge in [0.2, 0.25) is 0 Å². The van der Waals surface area contributed by atoms with Crippen molar-refractivity contribution in [2.45, 2.75) is 6.54 Å². The summed E-state index contributed by atoms with van der Waals surface area (Å²) in [5.74, 6) is -1.95. The zero-order valence-corrected chi connectivity index (χ0v) is 14.4. The molecule has 0 fully saturated rings. The number of ether oxygens (including phenoxy) is 1. The molecule has 0 spiro atoms. The lowest BCUT2D eigenvalue weighted by Crippen LogP contribution is -2.31. The average molecular weight is 396 g/mol. The van der Waals surface area contributed by atoms with Gasteiger partial charge in [0.05, 0.1) is 0 Å². The lowest BCUT2D eigenvalue weighted by atomic mass is 10.2. The van der Waals surface area contributed by atoms with Crippen LogP contribution in [0.5, 0.6) is 5.75 Å². The van der Waals surface area contributed by atoms with Crippen LogP contribution in [0.25, 0.3) is 0 Å². The number of benzene rings is 2. The maximum absolute atomic E-state index is 13.6. The summed E-state index contributed by atoms with van der Waals surface area (Å²) in [7, 11) is 1.49. The Morgan fingerprint density at radius 2 is 1.96 bits per heavy atom. The molecule has 0 atom stereocenters. The Bertz CT molecular complexity index is 766. The minimum absolute atomic E-state index is 0.0473. The number of halogens is 2. The third-order valence-corrected chi connectivity index (χ3v) is 3.79. The molecular formula is C17H15BrFNO4. The Hall–Kier alpha value is -2.41. The summed E-state index contributed by atoms with van der Waals surface area (Å²) >= 11 is 3.18. The van der Waals surface area contributed by atoms with Crippen LogP contribution in [0.15, 0.2) is 46.9 Å². The van der Waals surface area contributed by atoms with Gasteiger partial charge in [0.15, 0.2) is 6.61 Å². The molecule has 126 valence electrons. The molecule has 0 bridgehead atoms. The quantitative estimate of drug-likeness (QED) is 0.789. The van der Waals surface area contributed by atoms with Gasteiger partial charge < -0.3 is 14.7 Å². The summed E-state index contributed by atoms with van der Waals surface area (Å²) < 4.78 is 19.1. The molecular weight excluding hydrogens is 381 g/mol. The maximum atomic E-state index is 13.6. The molecule has 1 N–H and O–H groups in total. The summed E-state index contributed by atoms with van der Waals surface area (Å²) in [6, 6.07) is 10.4. The zero-order valence-electron chi connectivity index (χ0n) is 12.8. The second-order valence-corrected chi connectivity index (χ2v) is 5.99. The lowest BCUT2D eigenvalue weighted by Gasteiger charge is -2.17. The van der Waals surface area contributed by atoms with Crippen LogP contribution in [0.2, 0.25) is 0 Å². The van der Waals surface area contributed by atoms with Gasteiger partial charge in [0, 0.05) is 23.6 Å². The number of nitrogens with zero attached hydrogens (tertiary/aromatic N) is 1. The minimum atomic E-state index is -0.818. The maximum Gasteiger partial charge on any atom is 0.342 e. The normalized spacial score (nSPS) is 10.3. The van der Waals surface area contributed by atoms with Crippen molar-refractivity contribution in [1.82, 2.24) is 4.90 Å². The van der Waals surface area contributed by atoms with E-state index in [1.54, 1.807) is 24.3 Å². The number of carbonyl (C=O) groups is 2. The van der Waals surface area contributed by atoms with E-state index >= 15 is 0 Å². The average Bonchev–Trinajstić information content (AvgIpc) is 2.56. The number of hydrogen-bond acceptors (Lipinski definition) is 4. The van der Waals surface area contributed by atoms with E-state index in [9.17, 15) is 19.1 Å². The number of hydrogen-bond donors (Lipinski definition) is 1. The highest BCUT2D eigenvalue weighted by molar-refractivity contribution is 9.10. The van der Waals surface area contributed by atoms with Gasteiger partial charge >= 0.3 is 5.97 Å². The largest absolute Gasteiger partial charge is 0.507 e. The van der Waals surface area contributed by atoms with E-state index in [0.29, 0.717) is 10.0 Å². The number of phenols is 1. The van der Waals surface area contributed by atoms with Crippen LogP contribution in [0.4, 0.5) is 4.39 Å². The molecule has 0 aliphatic heterocycles. The van der Waals surface area contributed by atoms with Crippen molar-refractivity contribution in [3.8, 4) is 5.75 Å². The van der Waals surface area contributed by atoms with Crippen LogP contribution in [-0.4, -0.2) is 35.5 Å². The molecule has 2 aromatic rings. The van der Waals surface area contributed by atoms with Gasteiger partial charge in [0.25, 0.3) is 5.91 Å². The van der Waals surface area contributed by atoms with Gasteiger partial charge in [-0.25, -0.2) is 9.18 Å². The van der Waals surface area contributed by atoms with Gasteiger partial charge in [-0.15, -0.1) is 0 Å². The summed E-state index contributed by atoms with van der Waals surface area (Å²) in [5, 5.41) is 9.65. The number of carbonyl (C=O) groups excluding carboxylic acids is 2.